The van der Waals surface area contributed by atoms with Gasteiger partial charge in [0, 0.05) is 17.5 Å². The highest BCUT2D eigenvalue weighted by molar-refractivity contribution is 6.04. The summed E-state index contributed by atoms with van der Waals surface area (Å²) in [5, 5.41) is 2.89. The van der Waals surface area contributed by atoms with Crippen LogP contribution >= 0.6 is 0 Å². The van der Waals surface area contributed by atoms with Crippen LogP contribution in [0, 0.1) is 6.92 Å². The summed E-state index contributed by atoms with van der Waals surface area (Å²) in [6.45, 7) is 2.32. The van der Waals surface area contributed by atoms with Gasteiger partial charge in [-0.05, 0) is 36.8 Å². The quantitative estimate of drug-likeness (QED) is 0.694. The van der Waals surface area contributed by atoms with Gasteiger partial charge in [0.05, 0.1) is 17.8 Å². The molecule has 0 fully saturated rings. The fourth-order valence-corrected chi connectivity index (χ4v) is 2.44. The van der Waals surface area contributed by atoms with Crippen LogP contribution in [-0.4, -0.2) is 22.1 Å². The topological polar surface area (TPSA) is 93.3 Å². The summed E-state index contributed by atoms with van der Waals surface area (Å²) in [5.41, 5.74) is 9.67. The minimum atomic E-state index is -0.143. The van der Waals surface area contributed by atoms with Crippen LogP contribution in [0.1, 0.15) is 27.2 Å². The summed E-state index contributed by atoms with van der Waals surface area (Å²) in [4.78, 5) is 24.7. The maximum Gasteiger partial charge on any atom is 0.255 e. The number of aromatic nitrogens is 2. The number of nitrogens with one attached hydrogen (secondary N) is 1. The summed E-state index contributed by atoms with van der Waals surface area (Å²) >= 11 is 0. The Balaban J connectivity index is 1.68. The molecule has 6 heteroatoms. The number of amides is 1. The number of nitrogen functional groups attached to an aromatic ring is 1. The van der Waals surface area contributed by atoms with Crippen LogP contribution < -0.4 is 11.1 Å². The van der Waals surface area contributed by atoms with Crippen LogP contribution in [0.25, 0.3) is 0 Å². The summed E-state index contributed by atoms with van der Waals surface area (Å²) in [6, 6.07) is 16.7. The molecule has 3 N–H and O–H groups in total. The normalized spacial score (nSPS) is 10.8. The Kier molecular flexibility index (Phi) is 5.34. The van der Waals surface area contributed by atoms with Gasteiger partial charge in [0.25, 0.3) is 5.91 Å². The molecular weight excluding hydrogens is 326 g/mol. The van der Waals surface area contributed by atoms with Gasteiger partial charge in [-0.1, -0.05) is 30.3 Å². The average Bonchev–Trinajstić information content (AvgIpc) is 2.65. The summed E-state index contributed by atoms with van der Waals surface area (Å²) < 4.78 is 0. The molecule has 0 bridgehead atoms. The van der Waals surface area contributed by atoms with Crippen molar-refractivity contribution in [3.05, 3.63) is 83.3 Å². The van der Waals surface area contributed by atoms with Crippen molar-refractivity contribution in [3.63, 3.8) is 0 Å². The second-order valence-electron chi connectivity index (χ2n) is 5.75. The third-order valence-corrected chi connectivity index (χ3v) is 3.83. The molecule has 0 atom stereocenters. The van der Waals surface area contributed by atoms with E-state index in [2.05, 4.69) is 20.3 Å². The van der Waals surface area contributed by atoms with Crippen molar-refractivity contribution in [1.29, 1.82) is 0 Å². The first-order valence-electron chi connectivity index (χ1n) is 8.16. The first kappa shape index (κ1) is 17.3. The van der Waals surface area contributed by atoms with Gasteiger partial charge in [0.15, 0.2) is 0 Å². The summed E-state index contributed by atoms with van der Waals surface area (Å²) in [6.07, 6.45) is 3.11. The molecule has 3 aromatic rings. The Morgan fingerprint density at radius 1 is 1.15 bits per heavy atom. The minimum absolute atomic E-state index is 0.143. The van der Waals surface area contributed by atoms with Crippen molar-refractivity contribution in [3.8, 4) is 0 Å². The highest BCUT2D eigenvalue weighted by atomic mass is 16.1. The van der Waals surface area contributed by atoms with Gasteiger partial charge in [-0.25, -0.2) is 9.97 Å². The zero-order valence-corrected chi connectivity index (χ0v) is 14.4. The Hall–Kier alpha value is -3.54. The molecule has 0 spiro atoms. The van der Waals surface area contributed by atoms with Crippen LogP contribution in [0.3, 0.4) is 0 Å². The predicted octanol–water partition coefficient (Wildman–Crippen LogP) is 3.24. The standard InChI is InChI=1S/C20H19N5O/c1-14-18(19(21)24-13-23-14)12-22-11-15-6-5-9-17(10-15)25-20(26)16-7-3-2-4-8-16/h2-10,12-13H,11H2,1H3,(H,25,26)(H2,21,23,24). The lowest BCUT2D eigenvalue weighted by molar-refractivity contribution is 0.102. The summed E-state index contributed by atoms with van der Waals surface area (Å²) in [5.74, 6) is 0.265. The van der Waals surface area contributed by atoms with E-state index in [4.69, 9.17) is 5.73 Å². The Morgan fingerprint density at radius 2 is 1.96 bits per heavy atom. The fourth-order valence-electron chi connectivity index (χ4n) is 2.44. The van der Waals surface area contributed by atoms with Gasteiger partial charge in [-0.15, -0.1) is 0 Å². The molecule has 1 aromatic heterocycles. The number of carbonyl (C=O) groups is 1. The molecule has 0 saturated heterocycles. The van der Waals surface area contributed by atoms with E-state index >= 15 is 0 Å². The van der Waals surface area contributed by atoms with Crippen LogP contribution in [0.5, 0.6) is 0 Å². The number of aliphatic imine (C=N–C) groups is 1. The molecule has 0 aliphatic carbocycles. The van der Waals surface area contributed by atoms with Gasteiger partial charge in [0.1, 0.15) is 12.1 Å². The van der Waals surface area contributed by atoms with E-state index in [-0.39, 0.29) is 5.91 Å². The van der Waals surface area contributed by atoms with Gasteiger partial charge in [-0.3, -0.25) is 9.79 Å². The second kappa shape index (κ2) is 8.02. The lowest BCUT2D eigenvalue weighted by Crippen LogP contribution is -2.11. The van der Waals surface area contributed by atoms with E-state index in [1.165, 1.54) is 6.33 Å². The van der Waals surface area contributed by atoms with Crippen molar-refractivity contribution in [2.45, 2.75) is 13.5 Å². The van der Waals surface area contributed by atoms with Crippen LogP contribution in [0.15, 0.2) is 65.9 Å². The van der Waals surface area contributed by atoms with Crippen LogP contribution in [-0.2, 0) is 6.54 Å². The highest BCUT2D eigenvalue weighted by Crippen LogP contribution is 2.14. The van der Waals surface area contributed by atoms with Crippen molar-refractivity contribution in [1.82, 2.24) is 9.97 Å². The number of rotatable bonds is 5. The lowest BCUT2D eigenvalue weighted by Gasteiger charge is -2.07. The largest absolute Gasteiger partial charge is 0.383 e. The molecule has 26 heavy (non-hydrogen) atoms. The maximum absolute atomic E-state index is 12.2. The number of aryl methyl sites for hydroxylation is 1. The van der Waals surface area contributed by atoms with Crippen molar-refractivity contribution in [2.24, 2.45) is 4.99 Å². The third kappa shape index (κ3) is 4.30. The minimum Gasteiger partial charge on any atom is -0.383 e. The molecule has 0 aliphatic heterocycles. The van der Waals surface area contributed by atoms with E-state index in [0.29, 0.717) is 17.9 Å². The molecule has 1 heterocycles. The van der Waals surface area contributed by atoms with Gasteiger partial charge < -0.3 is 11.1 Å². The van der Waals surface area contributed by atoms with Gasteiger partial charge >= 0.3 is 0 Å². The Labute approximate surface area is 151 Å². The molecule has 0 unspecified atom stereocenters. The monoisotopic (exact) mass is 345 g/mol. The molecular formula is C20H19N5O. The van der Waals surface area contributed by atoms with Gasteiger partial charge in [-0.2, -0.15) is 0 Å². The third-order valence-electron chi connectivity index (χ3n) is 3.83. The van der Waals surface area contributed by atoms with Crippen molar-refractivity contribution < 1.29 is 4.79 Å². The number of carbonyl (C=O) groups excluding carboxylic acids is 1. The zero-order valence-electron chi connectivity index (χ0n) is 14.4. The SMILES string of the molecule is Cc1ncnc(N)c1C=NCc1cccc(NC(=O)c2ccccc2)c1. The number of anilines is 2. The zero-order chi connectivity index (χ0) is 18.4. The summed E-state index contributed by atoms with van der Waals surface area (Å²) in [7, 11) is 0. The van der Waals surface area contributed by atoms with E-state index in [1.807, 2.05) is 49.4 Å². The Bertz CT molecular complexity index is 918. The average molecular weight is 345 g/mol. The van der Waals surface area contributed by atoms with Crippen molar-refractivity contribution >= 4 is 23.6 Å². The van der Waals surface area contributed by atoms with Crippen molar-refractivity contribution in [2.75, 3.05) is 11.1 Å². The van der Waals surface area contributed by atoms with E-state index in [9.17, 15) is 4.79 Å². The molecule has 0 aliphatic rings. The number of hydrogen-bond donors (Lipinski definition) is 2. The lowest BCUT2D eigenvalue weighted by atomic mass is 10.1. The molecule has 1 amide bonds. The second-order valence-corrected chi connectivity index (χ2v) is 5.75. The smallest absolute Gasteiger partial charge is 0.255 e. The fraction of sp³-hybridized carbons (Fsp3) is 0.100. The molecule has 130 valence electrons. The van der Waals surface area contributed by atoms with Gasteiger partial charge in [0.2, 0.25) is 0 Å². The molecule has 0 radical (unpaired) electrons. The van der Waals surface area contributed by atoms with E-state index < -0.39 is 0 Å². The molecule has 3 rings (SSSR count). The van der Waals surface area contributed by atoms with Crippen LogP contribution in [0.2, 0.25) is 0 Å². The predicted molar refractivity (Wildman–Crippen MR) is 103 cm³/mol. The van der Waals surface area contributed by atoms with Crippen LogP contribution in [0.4, 0.5) is 11.5 Å². The highest BCUT2D eigenvalue weighted by Gasteiger charge is 2.05. The molecule has 0 saturated carbocycles. The van der Waals surface area contributed by atoms with E-state index in [0.717, 1.165) is 22.5 Å². The molecule has 2 aromatic carbocycles. The molecule has 6 nitrogen and oxygen atoms in total. The number of benzene rings is 2. The number of hydrogen-bond acceptors (Lipinski definition) is 5. The number of nitrogens with two attached hydrogens (primary N) is 1. The first-order valence-corrected chi connectivity index (χ1v) is 8.16. The number of nitrogens with zero attached hydrogens (tertiary/aromatic N) is 3. The Morgan fingerprint density at radius 3 is 2.73 bits per heavy atom. The maximum atomic E-state index is 12.2. The van der Waals surface area contributed by atoms with E-state index in [1.54, 1.807) is 18.3 Å². The first-order chi connectivity index (χ1) is 12.6.